The van der Waals surface area contributed by atoms with Gasteiger partial charge in [-0.05, 0) is 35.4 Å². The number of fused-ring (bicyclic) bond motifs is 1. The Morgan fingerprint density at radius 3 is 2.79 bits per heavy atom. The average molecular weight is 315 g/mol. The molecule has 1 heterocycles. The van der Waals surface area contributed by atoms with E-state index in [4.69, 9.17) is 0 Å². The summed E-state index contributed by atoms with van der Waals surface area (Å²) in [6.07, 6.45) is 1.99. The van der Waals surface area contributed by atoms with Crippen molar-refractivity contribution in [3.63, 3.8) is 0 Å². The van der Waals surface area contributed by atoms with Gasteiger partial charge in [0.25, 0.3) is 0 Å². The van der Waals surface area contributed by atoms with Crippen LogP contribution in [0.25, 0.3) is 10.9 Å². The van der Waals surface area contributed by atoms with E-state index in [0.717, 1.165) is 17.6 Å². The molecule has 0 saturated carbocycles. The number of nitrogens with one attached hydrogen (secondary N) is 2. The summed E-state index contributed by atoms with van der Waals surface area (Å²) in [5.74, 6) is 0. The molecule has 3 aromatic rings. The number of H-pyrrole nitrogens is 1. The van der Waals surface area contributed by atoms with Gasteiger partial charge in [0.15, 0.2) is 0 Å². The molecule has 0 aliphatic heterocycles. The molecule has 0 unspecified atom stereocenters. The quantitative estimate of drug-likeness (QED) is 0.741. The fraction of sp³-hybridized carbons (Fsp3) is 0.125. The maximum atomic E-state index is 3.49. The Bertz CT molecular complexity index is 688. The normalized spacial score (nSPS) is 11.0. The lowest BCUT2D eigenvalue weighted by molar-refractivity contribution is 0.696. The van der Waals surface area contributed by atoms with Gasteiger partial charge in [-0.1, -0.05) is 40.2 Å². The molecule has 3 heteroatoms. The number of hydrogen-bond donors (Lipinski definition) is 2. The maximum Gasteiger partial charge on any atom is 0.0457 e. The number of hydrogen-bond acceptors (Lipinski definition) is 1. The van der Waals surface area contributed by atoms with Crippen LogP contribution in [-0.2, 0) is 13.1 Å². The lowest BCUT2D eigenvalue weighted by Crippen LogP contribution is -2.12. The largest absolute Gasteiger partial charge is 0.361 e. The van der Waals surface area contributed by atoms with E-state index >= 15 is 0 Å². The van der Waals surface area contributed by atoms with Crippen LogP contribution in [0.5, 0.6) is 0 Å². The molecule has 0 amide bonds. The summed E-state index contributed by atoms with van der Waals surface area (Å²) in [6, 6.07) is 16.9. The fourth-order valence-corrected chi connectivity index (χ4v) is 2.74. The van der Waals surface area contributed by atoms with Gasteiger partial charge >= 0.3 is 0 Å². The Morgan fingerprint density at radius 1 is 1.00 bits per heavy atom. The number of aromatic nitrogens is 1. The van der Waals surface area contributed by atoms with Crippen LogP contribution in [0.4, 0.5) is 0 Å². The average Bonchev–Trinajstić information content (AvgIpc) is 2.88. The van der Waals surface area contributed by atoms with Gasteiger partial charge in [-0.15, -0.1) is 0 Å². The lowest BCUT2D eigenvalue weighted by atomic mass is 10.1. The first-order valence-electron chi connectivity index (χ1n) is 6.33. The first-order chi connectivity index (χ1) is 9.33. The van der Waals surface area contributed by atoms with Crippen molar-refractivity contribution in [2.75, 3.05) is 0 Å². The summed E-state index contributed by atoms with van der Waals surface area (Å²) in [4.78, 5) is 3.24. The lowest BCUT2D eigenvalue weighted by Gasteiger charge is -2.07. The third kappa shape index (κ3) is 2.88. The molecular weight excluding hydrogens is 300 g/mol. The molecule has 2 aromatic carbocycles. The summed E-state index contributed by atoms with van der Waals surface area (Å²) in [6.45, 7) is 1.75. The molecule has 0 aliphatic carbocycles. The van der Waals surface area contributed by atoms with Crippen LogP contribution in [0, 0.1) is 0 Å². The maximum absolute atomic E-state index is 3.49. The number of benzene rings is 2. The molecule has 96 valence electrons. The minimum Gasteiger partial charge on any atom is -0.361 e. The molecule has 0 atom stereocenters. The molecule has 0 spiro atoms. The second kappa shape index (κ2) is 5.59. The van der Waals surface area contributed by atoms with E-state index in [1.54, 1.807) is 0 Å². The molecule has 0 radical (unpaired) electrons. The SMILES string of the molecule is Brc1cccc(CNCc2cccc3[nH]ccc23)c1. The molecule has 0 bridgehead atoms. The van der Waals surface area contributed by atoms with E-state index in [1.165, 1.54) is 22.0 Å². The van der Waals surface area contributed by atoms with Crippen molar-refractivity contribution in [3.8, 4) is 0 Å². The van der Waals surface area contributed by atoms with Crippen molar-refractivity contribution in [3.05, 3.63) is 70.3 Å². The first-order valence-corrected chi connectivity index (χ1v) is 7.12. The topological polar surface area (TPSA) is 27.8 Å². The van der Waals surface area contributed by atoms with Gasteiger partial charge in [-0.2, -0.15) is 0 Å². The first kappa shape index (κ1) is 12.5. The zero-order valence-electron chi connectivity index (χ0n) is 10.5. The summed E-state index contributed by atoms with van der Waals surface area (Å²) >= 11 is 3.49. The molecule has 2 nitrogen and oxygen atoms in total. The highest BCUT2D eigenvalue weighted by Gasteiger charge is 2.01. The highest BCUT2D eigenvalue weighted by atomic mass is 79.9. The third-order valence-corrected chi connectivity index (χ3v) is 3.71. The van der Waals surface area contributed by atoms with E-state index in [9.17, 15) is 0 Å². The van der Waals surface area contributed by atoms with Gasteiger partial charge in [0, 0.05) is 34.7 Å². The second-order valence-electron chi connectivity index (χ2n) is 4.59. The minimum absolute atomic E-state index is 0.875. The monoisotopic (exact) mass is 314 g/mol. The van der Waals surface area contributed by atoms with Crippen LogP contribution in [-0.4, -0.2) is 4.98 Å². The van der Waals surface area contributed by atoms with E-state index in [1.807, 2.05) is 12.3 Å². The predicted octanol–water partition coefficient (Wildman–Crippen LogP) is 4.22. The van der Waals surface area contributed by atoms with Crippen LogP contribution in [0.15, 0.2) is 59.2 Å². The zero-order chi connectivity index (χ0) is 13.1. The summed E-state index contributed by atoms with van der Waals surface area (Å²) in [5, 5.41) is 4.79. The van der Waals surface area contributed by atoms with Crippen LogP contribution in [0.1, 0.15) is 11.1 Å². The number of rotatable bonds is 4. The molecule has 0 fully saturated rings. The highest BCUT2D eigenvalue weighted by Crippen LogP contribution is 2.17. The van der Waals surface area contributed by atoms with Gasteiger partial charge in [0.05, 0.1) is 0 Å². The van der Waals surface area contributed by atoms with Gasteiger partial charge < -0.3 is 10.3 Å². The van der Waals surface area contributed by atoms with Crippen LogP contribution >= 0.6 is 15.9 Å². The van der Waals surface area contributed by atoms with Crippen molar-refractivity contribution < 1.29 is 0 Å². The van der Waals surface area contributed by atoms with Crippen molar-refractivity contribution >= 4 is 26.8 Å². The Morgan fingerprint density at radius 2 is 1.89 bits per heavy atom. The van der Waals surface area contributed by atoms with E-state index in [0.29, 0.717) is 0 Å². The second-order valence-corrected chi connectivity index (χ2v) is 5.51. The Labute approximate surface area is 121 Å². The summed E-state index contributed by atoms with van der Waals surface area (Å²) in [7, 11) is 0. The van der Waals surface area contributed by atoms with Gasteiger partial charge in [0.2, 0.25) is 0 Å². The van der Waals surface area contributed by atoms with Gasteiger partial charge in [-0.3, -0.25) is 0 Å². The van der Waals surface area contributed by atoms with Gasteiger partial charge in [-0.25, -0.2) is 0 Å². The molecule has 0 aliphatic rings. The minimum atomic E-state index is 0.875. The molecule has 3 rings (SSSR count). The van der Waals surface area contributed by atoms with E-state index in [2.05, 4.69) is 68.7 Å². The standard InChI is InChI=1S/C16H15BrN2/c17-14-5-1-3-12(9-14)10-18-11-13-4-2-6-16-15(13)7-8-19-16/h1-9,18-19H,10-11H2. The molecule has 0 saturated heterocycles. The Kier molecular flexibility index (Phi) is 3.67. The fourth-order valence-electron chi connectivity index (χ4n) is 2.29. The van der Waals surface area contributed by atoms with Crippen molar-refractivity contribution in [2.24, 2.45) is 0 Å². The van der Waals surface area contributed by atoms with E-state index in [-0.39, 0.29) is 0 Å². The molecule has 2 N–H and O–H groups in total. The Balaban J connectivity index is 1.68. The van der Waals surface area contributed by atoms with Crippen LogP contribution in [0.3, 0.4) is 0 Å². The number of aromatic amines is 1. The molecule has 19 heavy (non-hydrogen) atoms. The summed E-state index contributed by atoms with van der Waals surface area (Å²) < 4.78 is 1.12. The third-order valence-electron chi connectivity index (χ3n) is 3.22. The van der Waals surface area contributed by atoms with Crippen LogP contribution in [0.2, 0.25) is 0 Å². The molecular formula is C16H15BrN2. The Hall–Kier alpha value is -1.58. The zero-order valence-corrected chi connectivity index (χ0v) is 12.1. The van der Waals surface area contributed by atoms with Crippen LogP contribution < -0.4 is 5.32 Å². The van der Waals surface area contributed by atoms with Crippen molar-refractivity contribution in [1.82, 2.24) is 10.3 Å². The number of halogens is 1. The molecule has 1 aromatic heterocycles. The van der Waals surface area contributed by atoms with Crippen molar-refractivity contribution in [1.29, 1.82) is 0 Å². The highest BCUT2D eigenvalue weighted by molar-refractivity contribution is 9.10. The van der Waals surface area contributed by atoms with E-state index < -0.39 is 0 Å². The van der Waals surface area contributed by atoms with Crippen molar-refractivity contribution in [2.45, 2.75) is 13.1 Å². The predicted molar refractivity (Wildman–Crippen MR) is 83.0 cm³/mol. The smallest absolute Gasteiger partial charge is 0.0457 e. The van der Waals surface area contributed by atoms with Gasteiger partial charge in [0.1, 0.15) is 0 Å². The summed E-state index contributed by atoms with van der Waals surface area (Å²) in [5.41, 5.74) is 3.81.